The second-order valence-corrected chi connectivity index (χ2v) is 8.06. The number of fused-ring (bicyclic) bond motifs is 1. The molecule has 0 amide bonds. The minimum absolute atomic E-state index is 0.234. The van der Waals surface area contributed by atoms with E-state index in [4.69, 9.17) is 4.74 Å². The van der Waals surface area contributed by atoms with Crippen LogP contribution in [0.3, 0.4) is 0 Å². The first-order chi connectivity index (χ1) is 11.9. The molecule has 0 fully saturated rings. The summed E-state index contributed by atoms with van der Waals surface area (Å²) in [6.07, 6.45) is 1.15. The van der Waals surface area contributed by atoms with Crippen LogP contribution in [0.2, 0.25) is 0 Å². The van der Waals surface area contributed by atoms with E-state index in [1.165, 1.54) is 5.56 Å². The molecule has 1 aliphatic heterocycles. The maximum absolute atomic E-state index is 11.2. The van der Waals surface area contributed by atoms with E-state index >= 15 is 0 Å². The van der Waals surface area contributed by atoms with Gasteiger partial charge in [0.25, 0.3) is 0 Å². The number of ether oxygens (including phenoxy) is 1. The number of aromatic nitrogens is 2. The van der Waals surface area contributed by atoms with Gasteiger partial charge < -0.3 is 4.74 Å². The molecule has 136 valence electrons. The van der Waals surface area contributed by atoms with Crippen molar-refractivity contribution in [1.82, 2.24) is 19.4 Å². The summed E-state index contributed by atoms with van der Waals surface area (Å²) in [7, 11) is -3.20. The van der Waals surface area contributed by atoms with E-state index in [-0.39, 0.29) is 6.54 Å². The molecule has 8 heteroatoms. The highest BCUT2D eigenvalue weighted by Crippen LogP contribution is 2.18. The zero-order valence-corrected chi connectivity index (χ0v) is 15.4. The lowest BCUT2D eigenvalue weighted by Crippen LogP contribution is -2.33. The zero-order valence-electron chi connectivity index (χ0n) is 14.6. The number of rotatable bonds is 7. The van der Waals surface area contributed by atoms with Crippen molar-refractivity contribution >= 4 is 10.0 Å². The molecule has 7 nitrogen and oxygen atoms in total. The molecule has 0 atom stereocenters. The van der Waals surface area contributed by atoms with Crippen molar-refractivity contribution in [2.75, 3.05) is 19.4 Å². The topological polar surface area (TPSA) is 76.5 Å². The molecular weight excluding hydrogens is 340 g/mol. The van der Waals surface area contributed by atoms with Crippen LogP contribution in [-0.4, -0.2) is 42.5 Å². The van der Waals surface area contributed by atoms with E-state index in [0.717, 1.165) is 49.6 Å². The molecule has 25 heavy (non-hydrogen) atoms. The van der Waals surface area contributed by atoms with Crippen LogP contribution in [0.5, 0.6) is 5.75 Å². The zero-order chi connectivity index (χ0) is 17.9. The van der Waals surface area contributed by atoms with Gasteiger partial charge in [-0.25, -0.2) is 13.1 Å². The Bertz CT molecular complexity index is 815. The third-order valence-electron chi connectivity index (χ3n) is 4.08. The molecule has 2 heterocycles. The molecule has 0 radical (unpaired) electrons. The molecule has 0 aliphatic carbocycles. The number of hydrogen-bond donors (Lipinski definition) is 1. The number of sulfonamides is 1. The Labute approximate surface area is 148 Å². The molecule has 0 saturated carbocycles. The summed E-state index contributed by atoms with van der Waals surface area (Å²) >= 11 is 0. The molecule has 0 bridgehead atoms. The number of benzene rings is 1. The smallest absolute Gasteiger partial charge is 0.209 e. The average molecular weight is 364 g/mol. The summed E-state index contributed by atoms with van der Waals surface area (Å²) in [5.41, 5.74) is 3.11. The summed E-state index contributed by atoms with van der Waals surface area (Å²) in [5, 5.41) is 4.47. The largest absolute Gasteiger partial charge is 0.494 e. The second-order valence-electron chi connectivity index (χ2n) is 6.23. The van der Waals surface area contributed by atoms with E-state index in [0.29, 0.717) is 6.61 Å². The Morgan fingerprint density at radius 3 is 2.68 bits per heavy atom. The Hall–Kier alpha value is -1.90. The van der Waals surface area contributed by atoms with Gasteiger partial charge in [0.05, 0.1) is 37.3 Å². The predicted molar refractivity (Wildman–Crippen MR) is 95.6 cm³/mol. The number of nitrogens with zero attached hydrogens (tertiary/aromatic N) is 3. The van der Waals surface area contributed by atoms with Gasteiger partial charge in [0.1, 0.15) is 5.75 Å². The lowest BCUT2D eigenvalue weighted by molar-refractivity contribution is 0.205. The van der Waals surface area contributed by atoms with Crippen LogP contribution in [0.1, 0.15) is 23.9 Å². The fourth-order valence-corrected chi connectivity index (χ4v) is 3.33. The van der Waals surface area contributed by atoms with Crippen molar-refractivity contribution in [3.8, 4) is 5.75 Å². The summed E-state index contributed by atoms with van der Waals surface area (Å²) in [5.74, 6) is 0.894. The summed E-state index contributed by atoms with van der Waals surface area (Å²) in [6, 6.07) is 10.2. The lowest BCUT2D eigenvalue weighted by Gasteiger charge is -2.27. The van der Waals surface area contributed by atoms with Crippen molar-refractivity contribution in [3.63, 3.8) is 0 Å². The fraction of sp³-hybridized carbons (Fsp3) is 0.471. The Morgan fingerprint density at radius 1 is 1.24 bits per heavy atom. The number of hydrogen-bond acceptors (Lipinski definition) is 5. The van der Waals surface area contributed by atoms with Gasteiger partial charge in [0.15, 0.2) is 0 Å². The first-order valence-electron chi connectivity index (χ1n) is 8.37. The lowest BCUT2D eigenvalue weighted by atomic mass is 10.2. The monoisotopic (exact) mass is 364 g/mol. The third-order valence-corrected chi connectivity index (χ3v) is 4.75. The number of nitrogens with one attached hydrogen (secondary N) is 1. The van der Waals surface area contributed by atoms with Crippen molar-refractivity contribution in [1.29, 1.82) is 0 Å². The van der Waals surface area contributed by atoms with Crippen LogP contribution in [0.25, 0.3) is 0 Å². The molecule has 0 unspecified atom stereocenters. The van der Waals surface area contributed by atoms with Gasteiger partial charge in [0.2, 0.25) is 10.0 Å². The quantitative estimate of drug-likeness (QED) is 0.802. The molecule has 1 aromatic carbocycles. The average Bonchev–Trinajstić information content (AvgIpc) is 2.97. The summed E-state index contributed by atoms with van der Waals surface area (Å²) < 4.78 is 32.3. The highest BCUT2D eigenvalue weighted by atomic mass is 32.2. The summed E-state index contributed by atoms with van der Waals surface area (Å²) in [6.45, 7) is 6.29. The molecule has 2 aromatic rings. The molecule has 1 aliphatic rings. The van der Waals surface area contributed by atoms with E-state index in [9.17, 15) is 8.42 Å². The van der Waals surface area contributed by atoms with Crippen molar-refractivity contribution in [2.24, 2.45) is 0 Å². The molecule has 0 spiro atoms. The third kappa shape index (κ3) is 5.04. The van der Waals surface area contributed by atoms with Gasteiger partial charge in [-0.1, -0.05) is 12.1 Å². The van der Waals surface area contributed by atoms with E-state index in [1.54, 1.807) is 0 Å². The molecule has 1 aromatic heterocycles. The van der Waals surface area contributed by atoms with Crippen LogP contribution < -0.4 is 9.46 Å². The van der Waals surface area contributed by atoms with Crippen LogP contribution in [0.4, 0.5) is 0 Å². The highest BCUT2D eigenvalue weighted by Gasteiger charge is 2.18. The van der Waals surface area contributed by atoms with Gasteiger partial charge in [-0.3, -0.25) is 9.58 Å². The van der Waals surface area contributed by atoms with Crippen LogP contribution in [0.15, 0.2) is 30.3 Å². The normalized spacial score (nSPS) is 15.1. The minimum atomic E-state index is -3.20. The van der Waals surface area contributed by atoms with E-state index < -0.39 is 10.0 Å². The van der Waals surface area contributed by atoms with Crippen molar-refractivity contribution < 1.29 is 13.2 Å². The van der Waals surface area contributed by atoms with Crippen LogP contribution in [-0.2, 0) is 36.2 Å². The maximum Gasteiger partial charge on any atom is 0.209 e. The maximum atomic E-state index is 11.2. The van der Waals surface area contributed by atoms with Gasteiger partial charge in [0, 0.05) is 19.6 Å². The standard InChI is InChI=1S/C17H24N4O3S/c1-3-24-17-6-4-14(5-7-17)12-20-8-9-21-16(13-20)10-15(19-21)11-18-25(2,22)23/h4-7,10,18H,3,8-9,11-13H2,1-2H3. The predicted octanol–water partition coefficient (Wildman–Crippen LogP) is 1.35. The van der Waals surface area contributed by atoms with Gasteiger partial charge in [-0.05, 0) is 30.7 Å². The van der Waals surface area contributed by atoms with E-state index in [1.807, 2.05) is 29.8 Å². The SMILES string of the molecule is CCOc1ccc(CN2CCn3nc(CNS(C)(=O)=O)cc3C2)cc1. The fourth-order valence-electron chi connectivity index (χ4n) is 2.92. The van der Waals surface area contributed by atoms with Gasteiger partial charge in [-0.15, -0.1) is 0 Å². The van der Waals surface area contributed by atoms with Gasteiger partial charge >= 0.3 is 0 Å². The van der Waals surface area contributed by atoms with Crippen LogP contribution >= 0.6 is 0 Å². The molecule has 0 saturated heterocycles. The van der Waals surface area contributed by atoms with Crippen molar-refractivity contribution in [2.45, 2.75) is 33.1 Å². The molecular formula is C17H24N4O3S. The van der Waals surface area contributed by atoms with E-state index in [2.05, 4.69) is 26.9 Å². The van der Waals surface area contributed by atoms with Crippen molar-refractivity contribution in [3.05, 3.63) is 47.3 Å². The Morgan fingerprint density at radius 2 is 2.00 bits per heavy atom. The molecule has 1 N–H and O–H groups in total. The van der Waals surface area contributed by atoms with Crippen LogP contribution in [0, 0.1) is 0 Å². The Balaban J connectivity index is 1.60. The first kappa shape index (κ1) is 17.9. The second kappa shape index (κ2) is 7.55. The highest BCUT2D eigenvalue weighted by molar-refractivity contribution is 7.88. The van der Waals surface area contributed by atoms with Gasteiger partial charge in [-0.2, -0.15) is 5.10 Å². The Kier molecular flexibility index (Phi) is 5.41. The molecule has 3 rings (SSSR count). The first-order valence-corrected chi connectivity index (χ1v) is 10.3. The minimum Gasteiger partial charge on any atom is -0.494 e. The summed E-state index contributed by atoms with van der Waals surface area (Å²) in [4.78, 5) is 2.36.